The molecule has 32 heavy (non-hydrogen) atoms. The molecule has 8 nitrogen and oxygen atoms in total. The molecule has 1 aromatic carbocycles. The van der Waals surface area contributed by atoms with Crippen LogP contribution in [0.2, 0.25) is 5.02 Å². The number of carbonyl (C=O) groups is 3. The molecule has 1 aromatic heterocycles. The number of benzene rings is 1. The summed E-state index contributed by atoms with van der Waals surface area (Å²) in [4.78, 5) is 47.0. The number of aromatic amines is 1. The fourth-order valence-electron chi connectivity index (χ4n) is 4.75. The molecule has 2 aliphatic rings. The molecule has 1 spiro atoms. The number of carbonyl (C=O) groups excluding carboxylic acids is 3. The predicted molar refractivity (Wildman–Crippen MR) is 112 cm³/mol. The van der Waals surface area contributed by atoms with Gasteiger partial charge in [-0.3, -0.25) is 14.4 Å². The summed E-state index contributed by atoms with van der Waals surface area (Å²) in [6.45, 7) is 0.359. The van der Waals surface area contributed by atoms with Gasteiger partial charge >= 0.3 is 0 Å². The van der Waals surface area contributed by atoms with Gasteiger partial charge in [0, 0.05) is 25.7 Å². The van der Waals surface area contributed by atoms with Crippen molar-refractivity contribution in [3.05, 3.63) is 46.5 Å². The molecule has 0 radical (unpaired) electrons. The van der Waals surface area contributed by atoms with Crippen molar-refractivity contribution in [1.29, 1.82) is 0 Å². The maximum absolute atomic E-state index is 13.7. The SMILES string of the molecule is CN(C(=O)c1nc[nH]c1C(N)=O)[C@H]1CC[C@@]2(CCN(c3cc(F)c(F)cc3Cl)C2=O)CC1. The zero-order chi connectivity index (χ0) is 23.2. The Morgan fingerprint density at radius 1 is 1.25 bits per heavy atom. The maximum atomic E-state index is 13.7. The zero-order valence-electron chi connectivity index (χ0n) is 17.3. The summed E-state index contributed by atoms with van der Waals surface area (Å²) < 4.78 is 27.2. The Morgan fingerprint density at radius 2 is 1.91 bits per heavy atom. The third-order valence-corrected chi connectivity index (χ3v) is 6.96. The van der Waals surface area contributed by atoms with Crippen molar-refractivity contribution in [3.8, 4) is 0 Å². The molecule has 1 aliphatic heterocycles. The van der Waals surface area contributed by atoms with Gasteiger partial charge in [-0.15, -0.1) is 0 Å². The molecule has 0 bridgehead atoms. The van der Waals surface area contributed by atoms with Crippen LogP contribution in [0.15, 0.2) is 18.5 Å². The van der Waals surface area contributed by atoms with Crippen LogP contribution in [0.25, 0.3) is 0 Å². The number of imidazole rings is 1. The van der Waals surface area contributed by atoms with E-state index in [1.165, 1.54) is 16.1 Å². The van der Waals surface area contributed by atoms with Crippen molar-refractivity contribution in [1.82, 2.24) is 14.9 Å². The van der Waals surface area contributed by atoms with Crippen LogP contribution in [0.4, 0.5) is 14.5 Å². The highest BCUT2D eigenvalue weighted by atomic mass is 35.5. The van der Waals surface area contributed by atoms with Crippen LogP contribution in [0.1, 0.15) is 53.1 Å². The monoisotopic (exact) mass is 465 g/mol. The Bertz CT molecular complexity index is 1100. The third kappa shape index (κ3) is 3.62. The largest absolute Gasteiger partial charge is 0.364 e. The van der Waals surface area contributed by atoms with E-state index in [1.807, 2.05) is 0 Å². The standard InChI is InChI=1S/C21H22ClF2N5O3/c1-28(19(31)17-16(18(25)30)26-10-27-17)11-2-4-21(5-3-11)6-7-29(20(21)32)15-9-14(24)13(23)8-12(15)22/h8-11H,2-7H2,1H3,(H2,25,30)(H,26,27)/t11-,21-. The van der Waals surface area contributed by atoms with Gasteiger partial charge < -0.3 is 20.5 Å². The van der Waals surface area contributed by atoms with Gasteiger partial charge in [-0.1, -0.05) is 11.6 Å². The summed E-state index contributed by atoms with van der Waals surface area (Å²) >= 11 is 6.07. The van der Waals surface area contributed by atoms with E-state index in [9.17, 15) is 23.2 Å². The van der Waals surface area contributed by atoms with Gasteiger partial charge in [-0.2, -0.15) is 0 Å². The van der Waals surface area contributed by atoms with Crippen molar-refractivity contribution in [2.75, 3.05) is 18.5 Å². The molecule has 2 fully saturated rings. The van der Waals surface area contributed by atoms with Crippen LogP contribution in [0.5, 0.6) is 0 Å². The van der Waals surface area contributed by atoms with E-state index in [0.29, 0.717) is 38.6 Å². The van der Waals surface area contributed by atoms with Crippen LogP contribution in [-0.2, 0) is 4.79 Å². The Labute approximate surface area is 187 Å². The molecule has 4 rings (SSSR count). The lowest BCUT2D eigenvalue weighted by atomic mass is 9.71. The van der Waals surface area contributed by atoms with E-state index in [2.05, 4.69) is 9.97 Å². The fraction of sp³-hybridized carbons (Fsp3) is 0.429. The molecule has 0 atom stereocenters. The number of rotatable bonds is 4. The fourth-order valence-corrected chi connectivity index (χ4v) is 5.01. The Hall–Kier alpha value is -3.01. The number of amides is 3. The topological polar surface area (TPSA) is 112 Å². The molecular weight excluding hydrogens is 444 g/mol. The highest BCUT2D eigenvalue weighted by Crippen LogP contribution is 2.47. The minimum absolute atomic E-state index is 0.0161. The van der Waals surface area contributed by atoms with Crippen molar-refractivity contribution < 1.29 is 23.2 Å². The normalized spacial score (nSPS) is 23.1. The molecule has 1 saturated heterocycles. The zero-order valence-corrected chi connectivity index (χ0v) is 18.1. The van der Waals surface area contributed by atoms with Crippen LogP contribution < -0.4 is 10.6 Å². The number of hydrogen-bond donors (Lipinski definition) is 2. The average Bonchev–Trinajstić information content (AvgIpc) is 3.37. The van der Waals surface area contributed by atoms with Gasteiger partial charge in [0.15, 0.2) is 17.3 Å². The Morgan fingerprint density at radius 3 is 2.56 bits per heavy atom. The van der Waals surface area contributed by atoms with Gasteiger partial charge in [0.05, 0.1) is 22.5 Å². The number of primary amides is 1. The number of halogens is 3. The van der Waals surface area contributed by atoms with E-state index in [4.69, 9.17) is 17.3 Å². The molecule has 1 aliphatic carbocycles. The number of nitrogens with one attached hydrogen (secondary N) is 1. The van der Waals surface area contributed by atoms with Crippen LogP contribution in [0, 0.1) is 17.0 Å². The maximum Gasteiger partial charge on any atom is 0.274 e. The number of hydrogen-bond acceptors (Lipinski definition) is 4. The van der Waals surface area contributed by atoms with Crippen LogP contribution in [-0.4, -0.2) is 52.2 Å². The van der Waals surface area contributed by atoms with Crippen molar-refractivity contribution in [2.45, 2.75) is 38.1 Å². The van der Waals surface area contributed by atoms with Crippen molar-refractivity contribution >= 4 is 35.0 Å². The summed E-state index contributed by atoms with van der Waals surface area (Å²) in [7, 11) is 1.63. The first-order valence-electron chi connectivity index (χ1n) is 10.2. The number of aromatic nitrogens is 2. The van der Waals surface area contributed by atoms with Crippen LogP contribution >= 0.6 is 11.6 Å². The minimum Gasteiger partial charge on any atom is -0.364 e. The molecule has 3 amide bonds. The number of nitrogens with two attached hydrogens (primary N) is 1. The lowest BCUT2D eigenvalue weighted by Crippen LogP contribution is -2.45. The molecule has 3 N–H and O–H groups in total. The summed E-state index contributed by atoms with van der Waals surface area (Å²) in [5.74, 6) is -3.48. The van der Waals surface area contributed by atoms with E-state index < -0.39 is 28.9 Å². The lowest BCUT2D eigenvalue weighted by Gasteiger charge is -2.39. The lowest BCUT2D eigenvalue weighted by molar-refractivity contribution is -0.127. The highest BCUT2D eigenvalue weighted by Gasteiger charge is 2.50. The first kappa shape index (κ1) is 22.2. The molecule has 2 heterocycles. The minimum atomic E-state index is -1.07. The number of H-pyrrole nitrogens is 1. The van der Waals surface area contributed by atoms with E-state index in [-0.39, 0.29) is 34.0 Å². The van der Waals surface area contributed by atoms with Gasteiger partial charge in [-0.25, -0.2) is 13.8 Å². The second-order valence-corrected chi connectivity index (χ2v) is 8.75. The molecule has 2 aromatic rings. The van der Waals surface area contributed by atoms with E-state index in [1.54, 1.807) is 7.05 Å². The summed E-state index contributed by atoms with van der Waals surface area (Å²) in [5.41, 5.74) is 4.75. The molecule has 0 unspecified atom stereocenters. The molecular formula is C21H22ClF2N5O3. The molecule has 1 saturated carbocycles. The van der Waals surface area contributed by atoms with E-state index in [0.717, 1.165) is 12.1 Å². The third-order valence-electron chi connectivity index (χ3n) is 6.66. The molecule has 11 heteroatoms. The highest BCUT2D eigenvalue weighted by molar-refractivity contribution is 6.34. The van der Waals surface area contributed by atoms with Gasteiger partial charge in [0.2, 0.25) is 5.91 Å². The first-order chi connectivity index (χ1) is 15.1. The smallest absolute Gasteiger partial charge is 0.274 e. The number of nitrogens with zero attached hydrogens (tertiary/aromatic N) is 3. The van der Waals surface area contributed by atoms with E-state index >= 15 is 0 Å². The van der Waals surface area contributed by atoms with Gasteiger partial charge in [0.25, 0.3) is 11.8 Å². The number of anilines is 1. The van der Waals surface area contributed by atoms with Gasteiger partial charge in [-0.05, 0) is 38.2 Å². The quantitative estimate of drug-likeness (QED) is 0.676. The summed E-state index contributed by atoms with van der Waals surface area (Å²) in [6.07, 6.45) is 4.03. The van der Waals surface area contributed by atoms with Gasteiger partial charge in [0.1, 0.15) is 5.69 Å². The van der Waals surface area contributed by atoms with Crippen molar-refractivity contribution in [3.63, 3.8) is 0 Å². The summed E-state index contributed by atoms with van der Waals surface area (Å²) in [5, 5.41) is -0.0161. The average molecular weight is 466 g/mol. The van der Waals surface area contributed by atoms with Crippen LogP contribution in [0.3, 0.4) is 0 Å². The Kier molecular flexibility index (Phi) is 5.66. The predicted octanol–water partition coefficient (Wildman–Crippen LogP) is 2.88. The molecule has 170 valence electrons. The second kappa shape index (κ2) is 8.16. The second-order valence-electron chi connectivity index (χ2n) is 8.34. The Balaban J connectivity index is 1.46. The van der Waals surface area contributed by atoms with Crippen molar-refractivity contribution in [2.24, 2.45) is 11.1 Å². The first-order valence-corrected chi connectivity index (χ1v) is 10.6. The summed E-state index contributed by atoms with van der Waals surface area (Å²) in [6, 6.07) is 1.68.